The number of hydrogen-bond donors (Lipinski definition) is 1. The van der Waals surface area contributed by atoms with E-state index in [1.54, 1.807) is 25.4 Å². The Balaban J connectivity index is 1.66. The zero-order valence-electron chi connectivity index (χ0n) is 19.2. The molecule has 2 aromatic carbocycles. The number of methoxy groups -OCH3 is 1. The predicted molar refractivity (Wildman–Crippen MR) is 136 cm³/mol. The highest BCUT2D eigenvalue weighted by Crippen LogP contribution is 2.44. The number of rotatable bonds is 5. The van der Waals surface area contributed by atoms with Crippen LogP contribution in [-0.2, 0) is 0 Å². The van der Waals surface area contributed by atoms with Crippen LogP contribution in [0.1, 0.15) is 34.7 Å². The summed E-state index contributed by atoms with van der Waals surface area (Å²) in [7, 11) is 1.65. The van der Waals surface area contributed by atoms with Crippen LogP contribution in [0.4, 0.5) is 10.1 Å². The second-order valence-electron chi connectivity index (χ2n) is 8.33. The molecular weight excluding hydrogens is 447 g/mol. The Kier molecular flexibility index (Phi) is 5.79. The van der Waals surface area contributed by atoms with E-state index in [0.717, 1.165) is 39.8 Å². The number of ether oxygens (including phenoxy) is 1. The molecule has 2 atom stereocenters. The van der Waals surface area contributed by atoms with E-state index < -0.39 is 0 Å². The number of anilines is 1. The normalized spacial score (nSPS) is 17.6. The van der Waals surface area contributed by atoms with Crippen LogP contribution < -0.4 is 15.0 Å². The second-order valence-corrected chi connectivity index (χ2v) is 8.72. The minimum absolute atomic E-state index is 0.129. The summed E-state index contributed by atoms with van der Waals surface area (Å²) in [6.07, 6.45) is 1.80. The molecule has 0 amide bonds. The zero-order chi connectivity index (χ0) is 23.8. The van der Waals surface area contributed by atoms with Gasteiger partial charge in [-0.05, 0) is 98.4 Å². The number of aryl methyl sites for hydroxylation is 1. The molecule has 172 valence electrons. The molecule has 0 radical (unpaired) electrons. The molecular formula is C27H25FN4OS. The van der Waals surface area contributed by atoms with Gasteiger partial charge in [-0.25, -0.2) is 4.39 Å². The highest BCUT2D eigenvalue weighted by molar-refractivity contribution is 7.80. The maximum absolute atomic E-state index is 13.6. The minimum Gasteiger partial charge on any atom is -0.497 e. The van der Waals surface area contributed by atoms with Gasteiger partial charge in [0.25, 0.3) is 0 Å². The lowest BCUT2D eigenvalue weighted by Gasteiger charge is -2.28. The predicted octanol–water partition coefficient (Wildman–Crippen LogP) is 5.81. The SMILES string of the molecule is COc1ccc(N2C(=S)N[C@H](c3ccccn3)[C@H]2c2cc(C)n(-c3ccc(F)cc3)c2C)cc1. The second kappa shape index (κ2) is 8.91. The molecule has 1 N–H and O–H groups in total. The fourth-order valence-corrected chi connectivity index (χ4v) is 5.11. The Hall–Kier alpha value is -3.71. The first-order valence-electron chi connectivity index (χ1n) is 11.1. The quantitative estimate of drug-likeness (QED) is 0.371. The molecule has 34 heavy (non-hydrogen) atoms. The minimum atomic E-state index is -0.252. The smallest absolute Gasteiger partial charge is 0.174 e. The molecule has 1 aliphatic rings. The van der Waals surface area contributed by atoms with Gasteiger partial charge in [0, 0.05) is 29.0 Å². The van der Waals surface area contributed by atoms with E-state index in [2.05, 4.69) is 39.7 Å². The van der Waals surface area contributed by atoms with Gasteiger partial charge in [0.1, 0.15) is 11.6 Å². The number of aromatic nitrogens is 2. The van der Waals surface area contributed by atoms with Crippen LogP contribution in [0.2, 0.25) is 0 Å². The van der Waals surface area contributed by atoms with Crippen molar-refractivity contribution in [3.63, 3.8) is 0 Å². The van der Waals surface area contributed by atoms with Crippen molar-refractivity contribution in [2.24, 2.45) is 0 Å². The number of halogens is 1. The molecule has 5 nitrogen and oxygen atoms in total. The van der Waals surface area contributed by atoms with Crippen LogP contribution in [0.3, 0.4) is 0 Å². The number of pyridine rings is 1. The summed E-state index contributed by atoms with van der Waals surface area (Å²) in [6, 6.07) is 22.3. The lowest BCUT2D eigenvalue weighted by Crippen LogP contribution is -2.29. The van der Waals surface area contributed by atoms with E-state index in [4.69, 9.17) is 17.0 Å². The largest absolute Gasteiger partial charge is 0.497 e. The highest BCUT2D eigenvalue weighted by Gasteiger charge is 2.42. The molecule has 0 saturated carbocycles. The molecule has 1 aliphatic heterocycles. The lowest BCUT2D eigenvalue weighted by atomic mass is 9.96. The summed E-state index contributed by atoms with van der Waals surface area (Å²) < 4.78 is 21.1. The van der Waals surface area contributed by atoms with Gasteiger partial charge in [-0.15, -0.1) is 0 Å². The Morgan fingerprint density at radius 2 is 1.68 bits per heavy atom. The van der Waals surface area contributed by atoms with Crippen LogP contribution in [-0.4, -0.2) is 21.8 Å². The standard InChI is InChI=1S/C27H25FN4OS/c1-17-16-23(18(2)31(17)20-9-7-19(28)8-10-20)26-25(24-6-4-5-15-29-24)30-27(34)32(26)21-11-13-22(33-3)14-12-21/h4-16,25-26H,1-3H3,(H,30,34)/t25-,26-/m1/s1. The van der Waals surface area contributed by atoms with Crippen molar-refractivity contribution < 1.29 is 9.13 Å². The van der Waals surface area contributed by atoms with Gasteiger partial charge < -0.3 is 19.5 Å². The Bertz CT molecular complexity index is 1320. The van der Waals surface area contributed by atoms with E-state index in [-0.39, 0.29) is 17.9 Å². The van der Waals surface area contributed by atoms with Crippen molar-refractivity contribution in [3.8, 4) is 11.4 Å². The molecule has 0 unspecified atom stereocenters. The molecule has 3 heterocycles. The molecule has 0 spiro atoms. The van der Waals surface area contributed by atoms with Crippen molar-refractivity contribution in [1.29, 1.82) is 0 Å². The van der Waals surface area contributed by atoms with Gasteiger partial charge >= 0.3 is 0 Å². The third kappa shape index (κ3) is 3.82. The van der Waals surface area contributed by atoms with Crippen molar-refractivity contribution in [1.82, 2.24) is 14.9 Å². The average molecular weight is 473 g/mol. The van der Waals surface area contributed by atoms with Gasteiger partial charge in [0.15, 0.2) is 5.11 Å². The van der Waals surface area contributed by atoms with Gasteiger partial charge in [0.2, 0.25) is 0 Å². The third-order valence-corrected chi connectivity index (χ3v) is 6.64. The summed E-state index contributed by atoms with van der Waals surface area (Å²) >= 11 is 5.84. The molecule has 7 heteroatoms. The maximum atomic E-state index is 13.6. The summed E-state index contributed by atoms with van der Waals surface area (Å²) in [5, 5.41) is 4.14. The zero-order valence-corrected chi connectivity index (χ0v) is 20.0. The summed E-state index contributed by atoms with van der Waals surface area (Å²) in [4.78, 5) is 6.78. The topological polar surface area (TPSA) is 42.3 Å². The number of thiocarbonyl (C=S) groups is 1. The number of benzene rings is 2. The first-order valence-corrected chi connectivity index (χ1v) is 11.5. The van der Waals surface area contributed by atoms with E-state index in [1.165, 1.54) is 12.1 Å². The fourth-order valence-electron chi connectivity index (χ4n) is 4.77. The fraction of sp³-hybridized carbons (Fsp3) is 0.185. The van der Waals surface area contributed by atoms with Crippen LogP contribution in [0, 0.1) is 19.7 Å². The van der Waals surface area contributed by atoms with Crippen molar-refractivity contribution in [2.45, 2.75) is 25.9 Å². The van der Waals surface area contributed by atoms with Crippen LogP contribution in [0.25, 0.3) is 5.69 Å². The van der Waals surface area contributed by atoms with Crippen molar-refractivity contribution >= 4 is 23.0 Å². The average Bonchev–Trinajstić information content (AvgIpc) is 3.35. The number of nitrogens with zero attached hydrogens (tertiary/aromatic N) is 3. The molecule has 1 saturated heterocycles. The summed E-state index contributed by atoms with van der Waals surface area (Å²) in [5.41, 5.74) is 6.06. The van der Waals surface area contributed by atoms with Gasteiger partial charge in [-0.3, -0.25) is 4.98 Å². The first kappa shape index (κ1) is 22.1. The Labute approximate surface area is 203 Å². The third-order valence-electron chi connectivity index (χ3n) is 6.32. The monoisotopic (exact) mass is 472 g/mol. The van der Waals surface area contributed by atoms with Crippen molar-refractivity contribution in [2.75, 3.05) is 12.0 Å². The molecule has 4 aromatic rings. The summed E-state index contributed by atoms with van der Waals surface area (Å²) in [5.74, 6) is 0.534. The molecule has 0 aliphatic carbocycles. The van der Waals surface area contributed by atoms with Gasteiger partial charge in [0.05, 0.1) is 24.9 Å². The lowest BCUT2D eigenvalue weighted by molar-refractivity contribution is 0.415. The van der Waals surface area contributed by atoms with E-state index >= 15 is 0 Å². The Morgan fingerprint density at radius 3 is 2.32 bits per heavy atom. The number of nitrogens with one attached hydrogen (secondary N) is 1. The summed E-state index contributed by atoms with van der Waals surface area (Å²) in [6.45, 7) is 4.16. The van der Waals surface area contributed by atoms with Crippen molar-refractivity contribution in [3.05, 3.63) is 107 Å². The van der Waals surface area contributed by atoms with Crippen LogP contribution >= 0.6 is 12.2 Å². The Morgan fingerprint density at radius 1 is 0.971 bits per heavy atom. The van der Waals surface area contributed by atoms with E-state index in [9.17, 15) is 4.39 Å². The molecule has 5 rings (SSSR count). The molecule has 2 aromatic heterocycles. The maximum Gasteiger partial charge on any atom is 0.174 e. The van der Waals surface area contributed by atoms with E-state index in [0.29, 0.717) is 5.11 Å². The van der Waals surface area contributed by atoms with E-state index in [1.807, 2.05) is 42.5 Å². The molecule has 0 bridgehead atoms. The highest BCUT2D eigenvalue weighted by atomic mass is 32.1. The van der Waals surface area contributed by atoms with Gasteiger partial charge in [-0.2, -0.15) is 0 Å². The van der Waals surface area contributed by atoms with Crippen LogP contribution in [0.5, 0.6) is 5.75 Å². The van der Waals surface area contributed by atoms with Gasteiger partial charge in [-0.1, -0.05) is 6.07 Å². The first-order chi connectivity index (χ1) is 16.5. The number of hydrogen-bond acceptors (Lipinski definition) is 3. The van der Waals surface area contributed by atoms with Crippen LogP contribution in [0.15, 0.2) is 79.0 Å². The molecule has 1 fully saturated rings.